The van der Waals surface area contributed by atoms with Crippen LogP contribution in [0, 0.1) is 0 Å². The summed E-state index contributed by atoms with van der Waals surface area (Å²) in [6.45, 7) is 5.68. The van der Waals surface area contributed by atoms with E-state index in [0.717, 1.165) is 36.0 Å². The van der Waals surface area contributed by atoms with Crippen molar-refractivity contribution in [3.8, 4) is 0 Å². The van der Waals surface area contributed by atoms with Crippen LogP contribution in [0.25, 0.3) is 0 Å². The van der Waals surface area contributed by atoms with Crippen LogP contribution in [0.1, 0.15) is 47.8 Å². The first-order valence-corrected chi connectivity index (χ1v) is 12.2. The van der Waals surface area contributed by atoms with Crippen LogP contribution in [0.4, 0.5) is 10.6 Å². The summed E-state index contributed by atoms with van der Waals surface area (Å²) in [5.41, 5.74) is 16.7. The molecule has 6 N–H and O–H groups in total. The fraction of sp³-hybridized carbons (Fsp3) is 0.357. The summed E-state index contributed by atoms with van der Waals surface area (Å²) in [5, 5.41) is 13.8. The minimum Gasteiger partial charge on any atom is -0.387 e. The number of benzene rings is 2. The maximum atomic E-state index is 12.1. The number of primary amides is 1. The molecule has 35 heavy (non-hydrogen) atoms. The SMILES string of the molecule is CCc1ccc(CCN(Cc2cccc(C[C@@H](C)NC[C@H](O)c3ccc(N)nc3)c2)C(N)=O)cc1. The fourth-order valence-corrected chi connectivity index (χ4v) is 4.02. The Hall–Kier alpha value is -3.42. The van der Waals surface area contributed by atoms with Crippen LogP contribution in [-0.4, -0.2) is 40.2 Å². The van der Waals surface area contributed by atoms with Crippen molar-refractivity contribution in [2.75, 3.05) is 18.8 Å². The largest absolute Gasteiger partial charge is 0.387 e. The van der Waals surface area contributed by atoms with Crippen molar-refractivity contribution >= 4 is 11.8 Å². The quantitative estimate of drug-likeness (QED) is 0.319. The lowest BCUT2D eigenvalue weighted by molar-refractivity contribution is 0.170. The van der Waals surface area contributed by atoms with E-state index in [4.69, 9.17) is 11.5 Å². The fourth-order valence-electron chi connectivity index (χ4n) is 4.02. The second-order valence-corrected chi connectivity index (χ2v) is 9.05. The van der Waals surface area contributed by atoms with Gasteiger partial charge in [-0.15, -0.1) is 0 Å². The smallest absolute Gasteiger partial charge is 0.315 e. The molecule has 1 heterocycles. The molecule has 2 atom stereocenters. The van der Waals surface area contributed by atoms with Crippen molar-refractivity contribution < 1.29 is 9.90 Å². The van der Waals surface area contributed by atoms with Gasteiger partial charge in [0, 0.05) is 37.4 Å². The van der Waals surface area contributed by atoms with E-state index in [-0.39, 0.29) is 6.04 Å². The predicted octanol–water partition coefficient (Wildman–Crippen LogP) is 3.60. The summed E-state index contributed by atoms with van der Waals surface area (Å²) < 4.78 is 0. The molecule has 0 radical (unpaired) electrons. The van der Waals surface area contributed by atoms with E-state index in [9.17, 15) is 9.90 Å². The Morgan fingerprint density at radius 2 is 1.77 bits per heavy atom. The van der Waals surface area contributed by atoms with Gasteiger partial charge >= 0.3 is 6.03 Å². The number of nitrogen functional groups attached to an aromatic ring is 1. The lowest BCUT2D eigenvalue weighted by Gasteiger charge is -2.21. The van der Waals surface area contributed by atoms with Crippen LogP contribution in [0.15, 0.2) is 66.9 Å². The van der Waals surface area contributed by atoms with Gasteiger partial charge in [0.1, 0.15) is 5.82 Å². The molecule has 0 aliphatic carbocycles. The molecule has 0 unspecified atom stereocenters. The third-order valence-electron chi connectivity index (χ3n) is 6.17. The first kappa shape index (κ1) is 26.2. The number of carbonyl (C=O) groups is 1. The number of nitrogens with one attached hydrogen (secondary N) is 1. The topological polar surface area (TPSA) is 118 Å². The highest BCUT2D eigenvalue weighted by Gasteiger charge is 2.13. The Morgan fingerprint density at radius 3 is 2.43 bits per heavy atom. The van der Waals surface area contributed by atoms with Gasteiger partial charge in [0.15, 0.2) is 0 Å². The van der Waals surface area contributed by atoms with E-state index < -0.39 is 12.1 Å². The number of carbonyl (C=O) groups excluding carboxylic acids is 1. The third-order valence-corrected chi connectivity index (χ3v) is 6.17. The minimum absolute atomic E-state index is 0.153. The van der Waals surface area contributed by atoms with Gasteiger partial charge in [-0.05, 0) is 54.5 Å². The molecule has 2 amide bonds. The summed E-state index contributed by atoms with van der Waals surface area (Å²) in [6, 6.07) is 19.9. The summed E-state index contributed by atoms with van der Waals surface area (Å²) >= 11 is 0. The zero-order valence-electron chi connectivity index (χ0n) is 20.7. The number of pyridine rings is 1. The Bertz CT molecular complexity index is 1070. The van der Waals surface area contributed by atoms with E-state index >= 15 is 0 Å². The number of nitrogens with zero attached hydrogens (tertiary/aromatic N) is 2. The number of rotatable bonds is 12. The highest BCUT2D eigenvalue weighted by Crippen LogP contribution is 2.14. The Balaban J connectivity index is 1.52. The molecule has 0 spiro atoms. The molecule has 0 aliphatic heterocycles. The van der Waals surface area contributed by atoms with Gasteiger partial charge in [-0.1, -0.05) is 61.5 Å². The van der Waals surface area contributed by atoms with E-state index in [0.29, 0.717) is 25.5 Å². The average molecular weight is 476 g/mol. The summed E-state index contributed by atoms with van der Waals surface area (Å²) in [4.78, 5) is 17.8. The average Bonchev–Trinajstić information content (AvgIpc) is 2.86. The zero-order valence-corrected chi connectivity index (χ0v) is 20.7. The number of aliphatic hydroxyl groups excluding tert-OH is 1. The van der Waals surface area contributed by atoms with Gasteiger partial charge in [-0.2, -0.15) is 0 Å². The number of anilines is 1. The second-order valence-electron chi connectivity index (χ2n) is 9.05. The van der Waals surface area contributed by atoms with Crippen molar-refractivity contribution in [1.82, 2.24) is 15.2 Å². The van der Waals surface area contributed by atoms with E-state index in [1.165, 1.54) is 11.1 Å². The highest BCUT2D eigenvalue weighted by atomic mass is 16.3. The molecule has 0 saturated carbocycles. The molecule has 7 heteroatoms. The van der Waals surface area contributed by atoms with E-state index in [1.54, 1.807) is 23.2 Å². The monoisotopic (exact) mass is 475 g/mol. The highest BCUT2D eigenvalue weighted by molar-refractivity contribution is 5.72. The summed E-state index contributed by atoms with van der Waals surface area (Å²) in [5.74, 6) is 0.433. The number of aryl methyl sites for hydroxylation is 1. The molecule has 7 nitrogen and oxygen atoms in total. The Morgan fingerprint density at radius 1 is 1.06 bits per heavy atom. The van der Waals surface area contributed by atoms with Crippen molar-refractivity contribution in [1.29, 1.82) is 0 Å². The van der Waals surface area contributed by atoms with Crippen molar-refractivity contribution in [3.63, 3.8) is 0 Å². The minimum atomic E-state index is -0.654. The van der Waals surface area contributed by atoms with Gasteiger partial charge < -0.3 is 26.8 Å². The molecule has 186 valence electrons. The van der Waals surface area contributed by atoms with Gasteiger partial charge in [-0.25, -0.2) is 9.78 Å². The summed E-state index contributed by atoms with van der Waals surface area (Å²) in [6.07, 6.45) is 3.51. The number of aliphatic hydroxyl groups is 1. The van der Waals surface area contributed by atoms with E-state index in [2.05, 4.69) is 60.5 Å². The number of nitrogens with two attached hydrogens (primary N) is 2. The summed E-state index contributed by atoms with van der Waals surface area (Å²) in [7, 11) is 0. The van der Waals surface area contributed by atoms with Crippen LogP contribution < -0.4 is 16.8 Å². The second kappa shape index (κ2) is 12.9. The van der Waals surface area contributed by atoms with Gasteiger partial charge in [0.05, 0.1) is 6.10 Å². The molecule has 0 aliphatic rings. The molecule has 0 bridgehead atoms. The maximum Gasteiger partial charge on any atom is 0.315 e. The van der Waals surface area contributed by atoms with Gasteiger partial charge in [0.25, 0.3) is 0 Å². The van der Waals surface area contributed by atoms with Crippen LogP contribution in [0.3, 0.4) is 0 Å². The number of urea groups is 1. The normalized spacial score (nSPS) is 12.8. The molecule has 2 aromatic carbocycles. The molecule has 0 saturated heterocycles. The third kappa shape index (κ3) is 8.38. The van der Waals surface area contributed by atoms with Gasteiger partial charge in [0.2, 0.25) is 0 Å². The standard InChI is InChI=1S/C28H37N5O2/c1-3-21-7-9-22(10-8-21)13-14-33(28(30)35)19-24-6-4-5-23(16-24)15-20(2)31-18-26(34)25-11-12-27(29)32-17-25/h4-12,16-17,20,26,31,34H,3,13-15,18-19H2,1-2H3,(H2,29,32)(H2,30,35)/t20-,26+/m1/s1. The maximum absolute atomic E-state index is 12.1. The zero-order chi connectivity index (χ0) is 25.2. The van der Waals surface area contributed by atoms with Crippen LogP contribution in [0.2, 0.25) is 0 Å². The van der Waals surface area contributed by atoms with Crippen molar-refractivity contribution in [2.24, 2.45) is 5.73 Å². The lowest BCUT2D eigenvalue weighted by atomic mass is 10.0. The lowest BCUT2D eigenvalue weighted by Crippen LogP contribution is -2.36. The van der Waals surface area contributed by atoms with Crippen LogP contribution in [0.5, 0.6) is 0 Å². The first-order valence-electron chi connectivity index (χ1n) is 12.2. The molecular formula is C28H37N5O2. The predicted molar refractivity (Wildman–Crippen MR) is 141 cm³/mol. The van der Waals surface area contributed by atoms with Gasteiger partial charge in [-0.3, -0.25) is 0 Å². The van der Waals surface area contributed by atoms with Crippen molar-refractivity contribution in [3.05, 3.63) is 94.7 Å². The molecule has 3 rings (SSSR count). The molecule has 1 aromatic heterocycles. The Kier molecular flexibility index (Phi) is 9.64. The van der Waals surface area contributed by atoms with Crippen LogP contribution in [-0.2, 0) is 25.8 Å². The van der Waals surface area contributed by atoms with Crippen LogP contribution >= 0.6 is 0 Å². The number of amides is 2. The number of hydrogen-bond acceptors (Lipinski definition) is 5. The molecular weight excluding hydrogens is 438 g/mol. The molecule has 0 fully saturated rings. The number of aromatic nitrogens is 1. The number of hydrogen-bond donors (Lipinski definition) is 4. The first-order chi connectivity index (χ1) is 16.8. The van der Waals surface area contributed by atoms with E-state index in [1.807, 2.05) is 12.1 Å². The Labute approximate surface area is 208 Å². The van der Waals surface area contributed by atoms with Crippen molar-refractivity contribution in [2.45, 2.75) is 51.8 Å². The molecule has 3 aromatic rings.